The van der Waals surface area contributed by atoms with Crippen molar-refractivity contribution in [3.05, 3.63) is 65.0 Å². The Hall–Kier alpha value is -3.19. The molecular weight excluding hydrogens is 386 g/mol. The van der Waals surface area contributed by atoms with E-state index in [1.165, 1.54) is 18.4 Å². The van der Waals surface area contributed by atoms with E-state index >= 15 is 0 Å². The topological polar surface area (TPSA) is 72.8 Å². The fourth-order valence-electron chi connectivity index (χ4n) is 2.47. The minimum Gasteiger partial charge on any atom is -0.493 e. The summed E-state index contributed by atoms with van der Waals surface area (Å²) in [5, 5.41) is 4.74. The molecule has 0 saturated heterocycles. The summed E-state index contributed by atoms with van der Waals surface area (Å²) in [6, 6.07) is 17.2. The number of aromatic nitrogens is 1. The summed E-state index contributed by atoms with van der Waals surface area (Å²) < 4.78 is 10.6. The second-order valence-electron chi connectivity index (χ2n) is 6.70. The fraction of sp³-hybridized carbons (Fsp3) is 0.227. The monoisotopic (exact) mass is 409 g/mol. The Bertz CT molecular complexity index is 967. The highest BCUT2D eigenvalue weighted by atomic mass is 32.1. The maximum Gasteiger partial charge on any atom is 0.350 e. The molecule has 3 aromatic rings. The van der Waals surface area contributed by atoms with Gasteiger partial charge in [0.1, 0.15) is 10.6 Å². The Labute approximate surface area is 174 Å². The highest BCUT2D eigenvalue weighted by molar-refractivity contribution is 7.17. The Balaban J connectivity index is 1.70. The van der Waals surface area contributed by atoms with Crippen LogP contribution in [0.25, 0.3) is 11.3 Å². The minimum absolute atomic E-state index is 0.421. The third-order valence-electron chi connectivity index (χ3n) is 3.88. The SMILES string of the molecule is COC(=O)c1sc(N/N=C\c2ccc(OCC(C)C)cc2)nc1-c1ccccc1. The number of ether oxygens (including phenoxy) is 2. The first-order chi connectivity index (χ1) is 14.1. The Kier molecular flexibility index (Phi) is 6.97. The Morgan fingerprint density at radius 2 is 1.90 bits per heavy atom. The zero-order valence-electron chi connectivity index (χ0n) is 16.6. The van der Waals surface area contributed by atoms with Gasteiger partial charge in [0.15, 0.2) is 0 Å². The van der Waals surface area contributed by atoms with Crippen LogP contribution in [0.15, 0.2) is 59.7 Å². The molecule has 0 saturated carbocycles. The third kappa shape index (κ3) is 5.65. The van der Waals surface area contributed by atoms with Crippen molar-refractivity contribution in [3.8, 4) is 17.0 Å². The molecule has 1 N–H and O–H groups in total. The summed E-state index contributed by atoms with van der Waals surface area (Å²) in [5.41, 5.74) is 5.24. The summed E-state index contributed by atoms with van der Waals surface area (Å²) in [5.74, 6) is 0.892. The first kappa shape index (κ1) is 20.5. The first-order valence-electron chi connectivity index (χ1n) is 9.23. The number of anilines is 1. The van der Waals surface area contributed by atoms with E-state index in [4.69, 9.17) is 9.47 Å². The quantitative estimate of drug-likeness (QED) is 0.319. The van der Waals surface area contributed by atoms with Crippen molar-refractivity contribution in [1.82, 2.24) is 4.98 Å². The van der Waals surface area contributed by atoms with Crippen LogP contribution >= 0.6 is 11.3 Å². The van der Waals surface area contributed by atoms with Crippen molar-refractivity contribution in [1.29, 1.82) is 0 Å². The molecule has 3 rings (SSSR count). The smallest absolute Gasteiger partial charge is 0.350 e. The lowest BCUT2D eigenvalue weighted by atomic mass is 10.1. The molecule has 150 valence electrons. The van der Waals surface area contributed by atoms with Gasteiger partial charge in [-0.25, -0.2) is 9.78 Å². The van der Waals surface area contributed by atoms with Gasteiger partial charge in [-0.05, 0) is 35.7 Å². The minimum atomic E-state index is -0.421. The summed E-state index contributed by atoms with van der Waals surface area (Å²) >= 11 is 1.20. The number of rotatable bonds is 8. The maximum absolute atomic E-state index is 12.1. The van der Waals surface area contributed by atoms with Gasteiger partial charge in [-0.2, -0.15) is 5.10 Å². The molecule has 2 aromatic carbocycles. The van der Waals surface area contributed by atoms with Crippen LogP contribution in [0.1, 0.15) is 29.1 Å². The van der Waals surface area contributed by atoms with Crippen LogP contribution in [0.5, 0.6) is 5.75 Å². The first-order valence-corrected chi connectivity index (χ1v) is 10.0. The Morgan fingerprint density at radius 3 is 2.55 bits per heavy atom. The van der Waals surface area contributed by atoms with Gasteiger partial charge in [-0.15, -0.1) is 0 Å². The standard InChI is InChI=1S/C22H23N3O3S/c1-15(2)14-28-18-11-9-16(10-12-18)13-23-25-22-24-19(17-7-5-4-6-8-17)20(29-22)21(26)27-3/h4-13,15H,14H2,1-3H3,(H,24,25)/b23-13-. The normalized spacial score (nSPS) is 11.0. The molecule has 1 heterocycles. The third-order valence-corrected chi connectivity index (χ3v) is 4.82. The number of benzene rings is 2. The zero-order valence-corrected chi connectivity index (χ0v) is 17.4. The lowest BCUT2D eigenvalue weighted by Crippen LogP contribution is -2.04. The van der Waals surface area contributed by atoms with Crippen LogP contribution in [0.2, 0.25) is 0 Å². The van der Waals surface area contributed by atoms with Gasteiger partial charge in [0.2, 0.25) is 5.13 Å². The highest BCUT2D eigenvalue weighted by Crippen LogP contribution is 2.31. The van der Waals surface area contributed by atoms with Crippen molar-refractivity contribution in [2.24, 2.45) is 11.0 Å². The number of esters is 1. The van der Waals surface area contributed by atoms with Gasteiger partial charge in [-0.3, -0.25) is 5.43 Å². The highest BCUT2D eigenvalue weighted by Gasteiger charge is 2.19. The summed E-state index contributed by atoms with van der Waals surface area (Å²) in [7, 11) is 1.36. The van der Waals surface area contributed by atoms with E-state index in [0.29, 0.717) is 28.2 Å². The number of nitrogens with zero attached hydrogens (tertiary/aromatic N) is 2. The molecule has 1 aromatic heterocycles. The van der Waals surface area contributed by atoms with Crippen molar-refractivity contribution in [2.75, 3.05) is 19.1 Å². The summed E-state index contributed by atoms with van der Waals surface area (Å²) in [6.45, 7) is 4.91. The molecule has 6 nitrogen and oxygen atoms in total. The lowest BCUT2D eigenvalue weighted by Gasteiger charge is -2.08. The molecule has 0 radical (unpaired) electrons. The molecule has 7 heteroatoms. The van der Waals surface area contributed by atoms with E-state index in [0.717, 1.165) is 16.9 Å². The van der Waals surface area contributed by atoms with Crippen molar-refractivity contribution in [2.45, 2.75) is 13.8 Å². The second-order valence-corrected chi connectivity index (χ2v) is 7.70. The average molecular weight is 410 g/mol. The van der Waals surface area contributed by atoms with E-state index in [9.17, 15) is 4.79 Å². The van der Waals surface area contributed by atoms with Crippen LogP contribution in [0.3, 0.4) is 0 Å². The molecule has 0 atom stereocenters. The van der Waals surface area contributed by atoms with E-state index in [-0.39, 0.29) is 0 Å². The number of methoxy groups -OCH3 is 1. The molecule has 0 spiro atoms. The van der Waals surface area contributed by atoms with Crippen LogP contribution in [0.4, 0.5) is 5.13 Å². The molecule has 0 amide bonds. The lowest BCUT2D eigenvalue weighted by molar-refractivity contribution is 0.0607. The van der Waals surface area contributed by atoms with E-state index in [2.05, 4.69) is 29.4 Å². The van der Waals surface area contributed by atoms with Crippen molar-refractivity contribution < 1.29 is 14.3 Å². The summed E-state index contributed by atoms with van der Waals surface area (Å²) in [4.78, 5) is 17.1. The number of carbonyl (C=O) groups excluding carboxylic acids is 1. The number of hydrazone groups is 1. The molecule has 0 bridgehead atoms. The van der Waals surface area contributed by atoms with Crippen LogP contribution in [-0.2, 0) is 4.74 Å². The van der Waals surface area contributed by atoms with Crippen molar-refractivity contribution >= 4 is 28.7 Å². The predicted molar refractivity (Wildman–Crippen MR) is 117 cm³/mol. The van der Waals surface area contributed by atoms with Gasteiger partial charge in [0, 0.05) is 5.56 Å². The molecular formula is C22H23N3O3S. The number of hydrogen-bond acceptors (Lipinski definition) is 7. The van der Waals surface area contributed by atoms with Crippen LogP contribution in [-0.4, -0.2) is 30.9 Å². The zero-order chi connectivity index (χ0) is 20.6. The van der Waals surface area contributed by atoms with E-state index in [1.807, 2.05) is 54.6 Å². The molecule has 0 aliphatic heterocycles. The average Bonchev–Trinajstić information content (AvgIpc) is 3.17. The van der Waals surface area contributed by atoms with Gasteiger partial charge in [0.25, 0.3) is 0 Å². The number of hydrogen-bond donors (Lipinski definition) is 1. The van der Waals surface area contributed by atoms with Crippen LogP contribution in [0, 0.1) is 5.92 Å². The summed E-state index contributed by atoms with van der Waals surface area (Å²) in [6.07, 6.45) is 1.69. The molecule has 0 aliphatic carbocycles. The molecule has 0 aliphatic rings. The van der Waals surface area contributed by atoms with Gasteiger partial charge in [-0.1, -0.05) is 55.5 Å². The maximum atomic E-state index is 12.1. The molecule has 29 heavy (non-hydrogen) atoms. The van der Waals surface area contributed by atoms with Crippen molar-refractivity contribution in [3.63, 3.8) is 0 Å². The second kappa shape index (κ2) is 9.84. The fourth-order valence-corrected chi connectivity index (χ4v) is 3.32. The van der Waals surface area contributed by atoms with Gasteiger partial charge < -0.3 is 9.47 Å². The number of carbonyl (C=O) groups is 1. The van der Waals surface area contributed by atoms with E-state index < -0.39 is 5.97 Å². The van der Waals surface area contributed by atoms with Gasteiger partial charge >= 0.3 is 5.97 Å². The van der Waals surface area contributed by atoms with Gasteiger partial charge in [0.05, 0.1) is 25.6 Å². The van der Waals surface area contributed by atoms with E-state index in [1.54, 1.807) is 6.21 Å². The molecule has 0 fully saturated rings. The van der Waals surface area contributed by atoms with Crippen LogP contribution < -0.4 is 10.2 Å². The predicted octanol–water partition coefficient (Wildman–Crippen LogP) is 5.08. The number of thiazole rings is 1. The Morgan fingerprint density at radius 1 is 1.17 bits per heavy atom. The largest absolute Gasteiger partial charge is 0.493 e. The molecule has 0 unspecified atom stereocenters. The number of nitrogens with one attached hydrogen (secondary N) is 1.